The van der Waals surface area contributed by atoms with Gasteiger partial charge in [0.05, 0.1) is 0 Å². The molecule has 32 heavy (non-hydrogen) atoms. The number of nitrogens with zero attached hydrogens (tertiary/aromatic N) is 2. The monoisotopic (exact) mass is 418 g/mol. The Labute approximate surface area is 183 Å². The van der Waals surface area contributed by atoms with Crippen molar-refractivity contribution >= 4 is 45.6 Å². The number of para-hydroxylation sites is 2. The van der Waals surface area contributed by atoms with E-state index in [1.54, 1.807) is 0 Å². The van der Waals surface area contributed by atoms with Crippen LogP contribution in [0.5, 0.6) is 0 Å². The standard InChI is InChI=1S/C26H18N4O2/c1-3-7-19(8-4-1)27-25-29-21-13-11-17(15-23(21)31-25)18-12-14-22-24(16-18)32-26(30-22)28-20-9-5-2-6-10-20/h1-16H,(H,27,29)(H,28,30). The topological polar surface area (TPSA) is 76.1 Å². The third kappa shape index (κ3) is 3.54. The molecular formula is C26H18N4O2. The van der Waals surface area contributed by atoms with Gasteiger partial charge in [0, 0.05) is 11.4 Å². The van der Waals surface area contributed by atoms with Crippen molar-refractivity contribution in [3.63, 3.8) is 0 Å². The molecule has 154 valence electrons. The largest absolute Gasteiger partial charge is 0.423 e. The van der Waals surface area contributed by atoms with Crippen LogP contribution in [0.2, 0.25) is 0 Å². The second-order valence-electron chi connectivity index (χ2n) is 7.39. The maximum Gasteiger partial charge on any atom is 0.300 e. The molecule has 2 N–H and O–H groups in total. The minimum Gasteiger partial charge on any atom is -0.423 e. The third-order valence-corrected chi connectivity index (χ3v) is 5.16. The van der Waals surface area contributed by atoms with E-state index < -0.39 is 0 Å². The highest BCUT2D eigenvalue weighted by Gasteiger charge is 2.11. The van der Waals surface area contributed by atoms with E-state index in [2.05, 4.69) is 20.6 Å². The van der Waals surface area contributed by atoms with Gasteiger partial charge >= 0.3 is 0 Å². The first kappa shape index (κ1) is 18.2. The predicted molar refractivity (Wildman–Crippen MR) is 126 cm³/mol. The highest BCUT2D eigenvalue weighted by atomic mass is 16.4. The Kier molecular flexibility index (Phi) is 4.32. The lowest BCUT2D eigenvalue weighted by atomic mass is 10.1. The van der Waals surface area contributed by atoms with Gasteiger partial charge in [-0.05, 0) is 59.7 Å². The molecule has 0 radical (unpaired) electrons. The number of hydrogen-bond acceptors (Lipinski definition) is 6. The van der Waals surface area contributed by atoms with Gasteiger partial charge in [-0.25, -0.2) is 0 Å². The van der Waals surface area contributed by atoms with E-state index in [1.807, 2.05) is 97.1 Å². The van der Waals surface area contributed by atoms with Crippen LogP contribution in [0.4, 0.5) is 23.4 Å². The fourth-order valence-corrected chi connectivity index (χ4v) is 3.61. The summed E-state index contributed by atoms with van der Waals surface area (Å²) in [5.74, 6) is 0. The highest BCUT2D eigenvalue weighted by molar-refractivity contribution is 5.86. The number of anilines is 4. The van der Waals surface area contributed by atoms with Crippen LogP contribution in [0.25, 0.3) is 33.3 Å². The van der Waals surface area contributed by atoms with Crippen molar-refractivity contribution in [1.82, 2.24) is 9.97 Å². The van der Waals surface area contributed by atoms with Crippen LogP contribution in [-0.2, 0) is 0 Å². The smallest absolute Gasteiger partial charge is 0.300 e. The minimum atomic E-state index is 0.464. The normalized spacial score (nSPS) is 11.1. The molecule has 6 heteroatoms. The summed E-state index contributed by atoms with van der Waals surface area (Å²) in [6, 6.07) is 32.5. The lowest BCUT2D eigenvalue weighted by Gasteiger charge is -2.01. The molecule has 2 heterocycles. The summed E-state index contributed by atoms with van der Waals surface area (Å²) in [5.41, 5.74) is 6.89. The van der Waals surface area contributed by atoms with Gasteiger partial charge in [0.25, 0.3) is 12.0 Å². The molecule has 0 aliphatic carbocycles. The number of hydrogen-bond donors (Lipinski definition) is 2. The van der Waals surface area contributed by atoms with E-state index in [9.17, 15) is 0 Å². The lowest BCUT2D eigenvalue weighted by Crippen LogP contribution is -1.88. The second-order valence-corrected chi connectivity index (χ2v) is 7.39. The van der Waals surface area contributed by atoms with Crippen LogP contribution < -0.4 is 10.6 Å². The Hall–Kier alpha value is -4.58. The van der Waals surface area contributed by atoms with Crippen LogP contribution in [-0.4, -0.2) is 9.97 Å². The number of aromatic nitrogens is 2. The van der Waals surface area contributed by atoms with E-state index in [-0.39, 0.29) is 0 Å². The number of fused-ring (bicyclic) bond motifs is 2. The highest BCUT2D eigenvalue weighted by Crippen LogP contribution is 2.30. The molecule has 0 saturated carbocycles. The van der Waals surface area contributed by atoms with Crippen molar-refractivity contribution in [1.29, 1.82) is 0 Å². The van der Waals surface area contributed by atoms with Gasteiger partial charge in [-0.2, -0.15) is 9.97 Å². The van der Waals surface area contributed by atoms with Crippen LogP contribution in [0, 0.1) is 0 Å². The average molecular weight is 418 g/mol. The molecule has 6 aromatic rings. The van der Waals surface area contributed by atoms with Gasteiger partial charge in [0.2, 0.25) is 0 Å². The molecule has 0 unspecified atom stereocenters. The zero-order valence-corrected chi connectivity index (χ0v) is 16.9. The summed E-state index contributed by atoms with van der Waals surface area (Å²) in [6.07, 6.45) is 0. The Bertz CT molecular complexity index is 1400. The first-order valence-corrected chi connectivity index (χ1v) is 10.3. The summed E-state index contributed by atoms with van der Waals surface area (Å²) >= 11 is 0. The van der Waals surface area contributed by atoms with Crippen molar-refractivity contribution in [2.24, 2.45) is 0 Å². The first-order chi connectivity index (χ1) is 15.8. The van der Waals surface area contributed by atoms with Crippen molar-refractivity contribution in [2.75, 3.05) is 10.6 Å². The average Bonchev–Trinajstić information content (AvgIpc) is 3.42. The molecule has 0 bridgehead atoms. The Morgan fingerprint density at radius 2 is 0.938 bits per heavy atom. The maximum absolute atomic E-state index is 5.92. The molecule has 0 amide bonds. The van der Waals surface area contributed by atoms with Crippen LogP contribution in [0.3, 0.4) is 0 Å². The zero-order valence-electron chi connectivity index (χ0n) is 16.9. The van der Waals surface area contributed by atoms with Gasteiger partial charge in [0.1, 0.15) is 11.0 Å². The van der Waals surface area contributed by atoms with Crippen molar-refractivity contribution in [2.45, 2.75) is 0 Å². The summed E-state index contributed by atoms with van der Waals surface area (Å²) in [7, 11) is 0. The van der Waals surface area contributed by atoms with E-state index in [0.717, 1.165) is 33.5 Å². The molecule has 0 aliphatic rings. The Balaban J connectivity index is 1.29. The summed E-state index contributed by atoms with van der Waals surface area (Å²) in [4.78, 5) is 9.04. The van der Waals surface area contributed by atoms with Crippen molar-refractivity contribution in [3.05, 3.63) is 97.1 Å². The molecule has 6 rings (SSSR count). The molecule has 6 nitrogen and oxygen atoms in total. The Morgan fingerprint density at radius 1 is 0.500 bits per heavy atom. The SMILES string of the molecule is c1ccc(Nc2nc3ccc(-c4ccc5nc(Nc6ccccc6)oc5c4)cc3o2)cc1. The van der Waals surface area contributed by atoms with Crippen LogP contribution >= 0.6 is 0 Å². The minimum absolute atomic E-state index is 0.464. The number of rotatable bonds is 5. The first-order valence-electron chi connectivity index (χ1n) is 10.3. The fourth-order valence-electron chi connectivity index (χ4n) is 3.61. The summed E-state index contributed by atoms with van der Waals surface area (Å²) in [6.45, 7) is 0. The third-order valence-electron chi connectivity index (χ3n) is 5.16. The molecule has 4 aromatic carbocycles. The van der Waals surface area contributed by atoms with Gasteiger partial charge in [-0.3, -0.25) is 0 Å². The summed E-state index contributed by atoms with van der Waals surface area (Å²) < 4.78 is 11.8. The second kappa shape index (κ2) is 7.59. The fraction of sp³-hybridized carbons (Fsp3) is 0. The zero-order chi connectivity index (χ0) is 21.3. The van der Waals surface area contributed by atoms with E-state index in [1.165, 1.54) is 0 Å². The molecule has 0 fully saturated rings. The van der Waals surface area contributed by atoms with Gasteiger partial charge < -0.3 is 19.5 Å². The van der Waals surface area contributed by atoms with Crippen LogP contribution in [0.1, 0.15) is 0 Å². The molecular weight excluding hydrogens is 400 g/mol. The number of nitrogens with one attached hydrogen (secondary N) is 2. The molecule has 0 spiro atoms. The molecule has 0 atom stereocenters. The van der Waals surface area contributed by atoms with E-state index >= 15 is 0 Å². The maximum atomic E-state index is 5.92. The van der Waals surface area contributed by atoms with Crippen LogP contribution in [0.15, 0.2) is 106 Å². The van der Waals surface area contributed by atoms with E-state index in [0.29, 0.717) is 23.2 Å². The van der Waals surface area contributed by atoms with Crippen molar-refractivity contribution in [3.8, 4) is 11.1 Å². The molecule has 0 saturated heterocycles. The molecule has 0 aliphatic heterocycles. The van der Waals surface area contributed by atoms with Crippen molar-refractivity contribution < 1.29 is 8.83 Å². The van der Waals surface area contributed by atoms with E-state index in [4.69, 9.17) is 8.83 Å². The van der Waals surface area contributed by atoms with Gasteiger partial charge in [0.15, 0.2) is 11.2 Å². The number of benzene rings is 4. The number of oxazole rings is 2. The predicted octanol–water partition coefficient (Wildman–Crippen LogP) is 7.12. The van der Waals surface area contributed by atoms with Gasteiger partial charge in [-0.1, -0.05) is 48.5 Å². The quantitative estimate of drug-likeness (QED) is 0.310. The summed E-state index contributed by atoms with van der Waals surface area (Å²) in [5, 5.41) is 6.38. The van der Waals surface area contributed by atoms with Gasteiger partial charge in [-0.15, -0.1) is 0 Å². The lowest BCUT2D eigenvalue weighted by molar-refractivity contribution is 0.622. The Morgan fingerprint density at radius 3 is 1.38 bits per heavy atom. The molecule has 2 aromatic heterocycles.